The number of carbonyl (C=O) groups is 2. The van der Waals surface area contributed by atoms with E-state index in [0.717, 1.165) is 19.9 Å². The number of carbonyl (C=O) groups excluding carboxylic acids is 2. The molecule has 0 heterocycles. The Bertz CT molecular complexity index is 1330. The topological polar surface area (TPSA) is 86.8 Å². The molecule has 0 fully saturated rings. The van der Waals surface area contributed by atoms with Crippen molar-refractivity contribution in [1.82, 2.24) is 10.2 Å². The van der Waals surface area contributed by atoms with Crippen LogP contribution in [-0.2, 0) is 26.2 Å². The molecule has 1 atom stereocenters. The number of likely N-dealkylation sites (N-methyl/N-ethyl adjacent to an activating group) is 1. The number of hydrogen-bond acceptors (Lipinski definition) is 4. The fraction of sp³-hybridized carbons (Fsp3) is 0.231. The van der Waals surface area contributed by atoms with Gasteiger partial charge in [-0.15, -0.1) is 0 Å². The van der Waals surface area contributed by atoms with Crippen LogP contribution in [0, 0.1) is 6.92 Å². The summed E-state index contributed by atoms with van der Waals surface area (Å²) in [6, 6.07) is 19.2. The molecule has 0 bridgehead atoms. The number of amides is 2. The second-order valence-electron chi connectivity index (χ2n) is 8.24. The van der Waals surface area contributed by atoms with Crippen LogP contribution in [0.25, 0.3) is 0 Å². The van der Waals surface area contributed by atoms with E-state index in [1.54, 1.807) is 25.1 Å². The third kappa shape index (κ3) is 6.66. The summed E-state index contributed by atoms with van der Waals surface area (Å²) in [6.45, 7) is 3.09. The first kappa shape index (κ1) is 27.7. The van der Waals surface area contributed by atoms with Crippen molar-refractivity contribution in [3.05, 3.63) is 93.4 Å². The predicted molar refractivity (Wildman–Crippen MR) is 145 cm³/mol. The predicted octanol–water partition coefficient (Wildman–Crippen LogP) is 4.77. The highest BCUT2D eigenvalue weighted by Gasteiger charge is 2.32. The summed E-state index contributed by atoms with van der Waals surface area (Å²) in [7, 11) is -2.63. The Kier molecular flexibility index (Phi) is 9.16. The molecule has 0 aliphatic carbocycles. The number of hydrogen-bond donors (Lipinski definition) is 1. The minimum Gasteiger partial charge on any atom is -0.357 e. The first-order chi connectivity index (χ1) is 17.0. The Balaban J connectivity index is 2.02. The van der Waals surface area contributed by atoms with Crippen molar-refractivity contribution < 1.29 is 18.0 Å². The summed E-state index contributed by atoms with van der Waals surface area (Å²) in [6.07, 6.45) is 0. The first-order valence-electron chi connectivity index (χ1n) is 11.1. The Morgan fingerprint density at radius 1 is 1.03 bits per heavy atom. The van der Waals surface area contributed by atoms with E-state index in [9.17, 15) is 18.0 Å². The third-order valence-corrected chi connectivity index (χ3v) is 8.22. The normalized spacial score (nSPS) is 12.0. The first-order valence-corrected chi connectivity index (χ1v) is 13.7. The quantitative estimate of drug-likeness (QED) is 0.388. The van der Waals surface area contributed by atoms with Crippen molar-refractivity contribution >= 4 is 55.1 Å². The lowest BCUT2D eigenvalue weighted by atomic mass is 10.1. The van der Waals surface area contributed by atoms with Crippen molar-refractivity contribution in [2.24, 2.45) is 0 Å². The lowest BCUT2D eigenvalue weighted by Gasteiger charge is -2.32. The number of nitrogens with zero attached hydrogens (tertiary/aromatic N) is 2. The summed E-state index contributed by atoms with van der Waals surface area (Å²) < 4.78 is 29.3. The molecule has 1 N–H and O–H groups in total. The van der Waals surface area contributed by atoms with E-state index in [-0.39, 0.29) is 17.3 Å². The highest BCUT2D eigenvalue weighted by atomic mass is 79.9. The van der Waals surface area contributed by atoms with Gasteiger partial charge in [0.25, 0.3) is 10.0 Å². The van der Waals surface area contributed by atoms with E-state index < -0.39 is 28.5 Å². The maximum Gasteiger partial charge on any atom is 0.264 e. The van der Waals surface area contributed by atoms with Crippen molar-refractivity contribution in [3.63, 3.8) is 0 Å². The summed E-state index contributed by atoms with van der Waals surface area (Å²) >= 11 is 9.35. The van der Waals surface area contributed by atoms with Crippen LogP contribution in [0.5, 0.6) is 0 Å². The number of nitrogens with one attached hydrogen (secondary N) is 1. The highest BCUT2D eigenvalue weighted by Crippen LogP contribution is 2.26. The van der Waals surface area contributed by atoms with Crippen molar-refractivity contribution in [3.8, 4) is 0 Å². The van der Waals surface area contributed by atoms with Gasteiger partial charge in [-0.3, -0.25) is 13.9 Å². The van der Waals surface area contributed by atoms with Gasteiger partial charge in [-0.05, 0) is 73.5 Å². The molecule has 0 aromatic heterocycles. The largest absolute Gasteiger partial charge is 0.357 e. The molecule has 36 heavy (non-hydrogen) atoms. The third-order valence-electron chi connectivity index (χ3n) is 5.65. The van der Waals surface area contributed by atoms with Gasteiger partial charge >= 0.3 is 0 Å². The molecule has 0 aliphatic rings. The van der Waals surface area contributed by atoms with Crippen LogP contribution >= 0.6 is 27.5 Å². The number of rotatable bonds is 9. The molecule has 0 saturated carbocycles. The van der Waals surface area contributed by atoms with Crippen molar-refractivity contribution in [1.29, 1.82) is 0 Å². The second kappa shape index (κ2) is 11.9. The number of aryl methyl sites for hydroxylation is 1. The smallest absolute Gasteiger partial charge is 0.264 e. The molecular weight excluding hydrogens is 566 g/mol. The molecule has 0 saturated heterocycles. The maximum absolute atomic E-state index is 13.7. The van der Waals surface area contributed by atoms with E-state index in [0.29, 0.717) is 10.7 Å². The average molecular weight is 593 g/mol. The molecule has 190 valence electrons. The number of sulfonamides is 1. The highest BCUT2D eigenvalue weighted by molar-refractivity contribution is 9.10. The Morgan fingerprint density at radius 3 is 2.25 bits per heavy atom. The zero-order valence-corrected chi connectivity index (χ0v) is 23.3. The SMILES string of the molecule is CNC(=O)[C@H](C)N(Cc1ccc(Br)cc1)C(=O)CN(c1cccc(C)c1)S(=O)(=O)c1ccc(Cl)cc1. The fourth-order valence-corrected chi connectivity index (χ4v) is 5.42. The maximum atomic E-state index is 13.7. The van der Waals surface area contributed by atoms with Gasteiger partial charge in [-0.1, -0.05) is 51.8 Å². The van der Waals surface area contributed by atoms with Gasteiger partial charge < -0.3 is 10.2 Å². The minimum absolute atomic E-state index is 0.0000143. The molecule has 0 aliphatic heterocycles. The molecule has 2 amide bonds. The van der Waals surface area contributed by atoms with Crippen LogP contribution in [-0.4, -0.2) is 44.8 Å². The Morgan fingerprint density at radius 2 is 1.67 bits per heavy atom. The van der Waals surface area contributed by atoms with Gasteiger partial charge in [0, 0.05) is 23.1 Å². The zero-order valence-electron chi connectivity index (χ0n) is 20.1. The van der Waals surface area contributed by atoms with E-state index in [1.807, 2.05) is 37.3 Å². The van der Waals surface area contributed by atoms with Crippen LogP contribution in [0.15, 0.2) is 82.2 Å². The van der Waals surface area contributed by atoms with E-state index in [4.69, 9.17) is 11.6 Å². The molecule has 0 unspecified atom stereocenters. The van der Waals surface area contributed by atoms with Gasteiger partial charge in [0.05, 0.1) is 10.6 Å². The van der Waals surface area contributed by atoms with Gasteiger partial charge in [-0.25, -0.2) is 8.42 Å². The van der Waals surface area contributed by atoms with Crippen LogP contribution in [0.2, 0.25) is 5.02 Å². The number of benzene rings is 3. The molecule has 3 aromatic rings. The molecule has 3 aromatic carbocycles. The van der Waals surface area contributed by atoms with Crippen LogP contribution in [0.3, 0.4) is 0 Å². The number of anilines is 1. The Hall–Kier alpha value is -2.88. The van der Waals surface area contributed by atoms with Gasteiger partial charge in [0.2, 0.25) is 11.8 Å². The van der Waals surface area contributed by atoms with Gasteiger partial charge in [0.15, 0.2) is 0 Å². The second-order valence-corrected chi connectivity index (χ2v) is 11.5. The van der Waals surface area contributed by atoms with Gasteiger partial charge in [0.1, 0.15) is 12.6 Å². The van der Waals surface area contributed by atoms with Crippen molar-refractivity contribution in [2.75, 3.05) is 17.9 Å². The summed E-state index contributed by atoms with van der Waals surface area (Å²) in [5.74, 6) is -0.879. The molecular formula is C26H27BrClN3O4S. The molecule has 7 nitrogen and oxygen atoms in total. The van der Waals surface area contributed by atoms with E-state index >= 15 is 0 Å². The Labute approximate surface area is 225 Å². The molecule has 0 radical (unpaired) electrons. The van der Waals surface area contributed by atoms with Crippen LogP contribution in [0.1, 0.15) is 18.1 Å². The minimum atomic E-state index is -4.13. The monoisotopic (exact) mass is 591 g/mol. The molecule has 0 spiro atoms. The van der Waals surface area contributed by atoms with Crippen molar-refractivity contribution in [2.45, 2.75) is 31.3 Å². The molecule has 3 rings (SSSR count). The van der Waals surface area contributed by atoms with E-state index in [2.05, 4.69) is 21.2 Å². The average Bonchev–Trinajstić information content (AvgIpc) is 2.86. The lowest BCUT2D eigenvalue weighted by molar-refractivity contribution is -0.139. The lowest BCUT2D eigenvalue weighted by Crippen LogP contribution is -2.50. The summed E-state index contributed by atoms with van der Waals surface area (Å²) in [4.78, 5) is 27.6. The van der Waals surface area contributed by atoms with Crippen LogP contribution in [0.4, 0.5) is 5.69 Å². The summed E-state index contributed by atoms with van der Waals surface area (Å²) in [5, 5.41) is 2.96. The van der Waals surface area contributed by atoms with Gasteiger partial charge in [-0.2, -0.15) is 0 Å². The summed E-state index contributed by atoms with van der Waals surface area (Å²) in [5.41, 5.74) is 1.97. The molecule has 10 heteroatoms. The van der Waals surface area contributed by atoms with Crippen LogP contribution < -0.4 is 9.62 Å². The fourth-order valence-electron chi connectivity index (χ4n) is 3.62. The number of halogens is 2. The van der Waals surface area contributed by atoms with E-state index in [1.165, 1.54) is 36.2 Å². The zero-order chi connectivity index (χ0) is 26.5. The standard InChI is InChI=1S/C26H27BrClN3O4S/c1-18-5-4-6-23(15-18)31(36(34,35)24-13-11-22(28)12-14-24)17-25(32)30(19(2)26(33)29-3)16-20-7-9-21(27)10-8-20/h4-15,19H,16-17H2,1-3H3,(H,29,33)/t19-/m0/s1.